The topological polar surface area (TPSA) is 47.9 Å². The summed E-state index contributed by atoms with van der Waals surface area (Å²) in [5.41, 5.74) is 0.531. The fourth-order valence-electron chi connectivity index (χ4n) is 1.44. The zero-order valence-corrected chi connectivity index (χ0v) is 10.2. The van der Waals surface area contributed by atoms with E-state index in [0.717, 1.165) is 0 Å². The molecule has 0 aliphatic heterocycles. The van der Waals surface area contributed by atoms with Crippen LogP contribution in [0.2, 0.25) is 5.02 Å². The monoisotopic (exact) mass is 246 g/mol. The molecule has 5 heteroatoms. The quantitative estimate of drug-likeness (QED) is 0.808. The second-order valence-electron chi connectivity index (χ2n) is 3.17. The van der Waals surface area contributed by atoms with Crippen LogP contribution in [-0.2, 0) is 9.47 Å². The molecule has 0 bridgehead atoms. The maximum atomic E-state index is 10.0. The molecule has 1 unspecified atom stereocenters. The molecule has 0 aliphatic rings. The van der Waals surface area contributed by atoms with Crippen molar-refractivity contribution >= 4 is 11.6 Å². The van der Waals surface area contributed by atoms with E-state index in [2.05, 4.69) is 0 Å². The second kappa shape index (κ2) is 6.06. The number of hydrogen-bond acceptors (Lipinski definition) is 4. The molecule has 0 aromatic heterocycles. The molecule has 1 atom stereocenters. The van der Waals surface area contributed by atoms with Crippen LogP contribution in [0.4, 0.5) is 0 Å². The lowest BCUT2D eigenvalue weighted by Crippen LogP contribution is -2.23. The predicted octanol–water partition coefficient (Wildman–Crippen LogP) is 2.00. The summed E-state index contributed by atoms with van der Waals surface area (Å²) < 4.78 is 15.1. The van der Waals surface area contributed by atoms with Crippen molar-refractivity contribution in [3.63, 3.8) is 0 Å². The summed E-state index contributed by atoms with van der Waals surface area (Å²) in [5, 5.41) is 10.5. The highest BCUT2D eigenvalue weighted by atomic mass is 35.5. The van der Waals surface area contributed by atoms with Crippen molar-refractivity contribution < 1.29 is 19.3 Å². The van der Waals surface area contributed by atoms with Crippen molar-refractivity contribution in [1.82, 2.24) is 0 Å². The Labute approximate surface area is 99.7 Å². The van der Waals surface area contributed by atoms with Gasteiger partial charge in [0, 0.05) is 24.8 Å². The van der Waals surface area contributed by atoms with Gasteiger partial charge in [-0.1, -0.05) is 11.6 Å². The van der Waals surface area contributed by atoms with Crippen LogP contribution in [-0.4, -0.2) is 32.7 Å². The Morgan fingerprint density at radius 2 is 1.81 bits per heavy atom. The van der Waals surface area contributed by atoms with Gasteiger partial charge >= 0.3 is 0 Å². The highest BCUT2D eigenvalue weighted by molar-refractivity contribution is 6.30. The van der Waals surface area contributed by atoms with Crippen LogP contribution in [0.1, 0.15) is 11.7 Å². The summed E-state index contributed by atoms with van der Waals surface area (Å²) >= 11 is 5.86. The van der Waals surface area contributed by atoms with E-state index in [9.17, 15) is 5.11 Å². The molecule has 1 aromatic rings. The minimum Gasteiger partial charge on any atom is -0.496 e. The first-order valence-electron chi connectivity index (χ1n) is 4.71. The smallest absolute Gasteiger partial charge is 0.187 e. The summed E-state index contributed by atoms with van der Waals surface area (Å²) in [4.78, 5) is 0. The first-order chi connectivity index (χ1) is 7.63. The van der Waals surface area contributed by atoms with Crippen LogP contribution >= 0.6 is 11.6 Å². The SMILES string of the molecule is COc1ccc(Cl)cc1C(O)C(OC)OC. The van der Waals surface area contributed by atoms with Crippen LogP contribution in [0, 0.1) is 0 Å². The Hall–Kier alpha value is -0.810. The van der Waals surface area contributed by atoms with Crippen molar-refractivity contribution in [2.45, 2.75) is 12.4 Å². The third kappa shape index (κ3) is 2.86. The first-order valence-corrected chi connectivity index (χ1v) is 5.09. The number of benzene rings is 1. The van der Waals surface area contributed by atoms with Gasteiger partial charge in [-0.2, -0.15) is 0 Å². The lowest BCUT2D eigenvalue weighted by atomic mass is 10.1. The Morgan fingerprint density at radius 1 is 1.19 bits per heavy atom. The molecule has 1 rings (SSSR count). The van der Waals surface area contributed by atoms with Gasteiger partial charge in [0.2, 0.25) is 0 Å². The lowest BCUT2D eigenvalue weighted by molar-refractivity contribution is -0.166. The van der Waals surface area contributed by atoms with Gasteiger partial charge in [-0.3, -0.25) is 0 Å². The van der Waals surface area contributed by atoms with Crippen LogP contribution in [0.15, 0.2) is 18.2 Å². The molecule has 4 nitrogen and oxygen atoms in total. The first kappa shape index (κ1) is 13.3. The van der Waals surface area contributed by atoms with E-state index in [0.29, 0.717) is 16.3 Å². The van der Waals surface area contributed by atoms with Gasteiger partial charge < -0.3 is 19.3 Å². The van der Waals surface area contributed by atoms with Gasteiger partial charge in [-0.15, -0.1) is 0 Å². The summed E-state index contributed by atoms with van der Waals surface area (Å²) in [7, 11) is 4.43. The van der Waals surface area contributed by atoms with E-state index in [1.807, 2.05) is 0 Å². The number of aliphatic hydroxyl groups excluding tert-OH is 1. The largest absolute Gasteiger partial charge is 0.496 e. The Balaban J connectivity index is 3.04. The van der Waals surface area contributed by atoms with Gasteiger partial charge in [0.25, 0.3) is 0 Å². The molecule has 16 heavy (non-hydrogen) atoms. The van der Waals surface area contributed by atoms with Gasteiger partial charge in [-0.25, -0.2) is 0 Å². The average Bonchev–Trinajstić information content (AvgIpc) is 2.30. The van der Waals surface area contributed by atoms with E-state index >= 15 is 0 Å². The molecule has 1 N–H and O–H groups in total. The molecule has 0 amide bonds. The Morgan fingerprint density at radius 3 is 2.31 bits per heavy atom. The van der Waals surface area contributed by atoms with Crippen LogP contribution < -0.4 is 4.74 Å². The fourth-order valence-corrected chi connectivity index (χ4v) is 1.62. The Kier molecular flexibility index (Phi) is 5.02. The maximum Gasteiger partial charge on any atom is 0.187 e. The zero-order chi connectivity index (χ0) is 12.1. The van der Waals surface area contributed by atoms with E-state index in [1.54, 1.807) is 18.2 Å². The summed E-state index contributed by atoms with van der Waals surface area (Å²) in [6.45, 7) is 0. The second-order valence-corrected chi connectivity index (χ2v) is 3.61. The third-order valence-electron chi connectivity index (χ3n) is 2.23. The van der Waals surface area contributed by atoms with Crippen LogP contribution in [0.25, 0.3) is 0 Å². The minimum absolute atomic E-state index is 0.515. The molecule has 0 saturated carbocycles. The summed E-state index contributed by atoms with van der Waals surface area (Å²) in [5.74, 6) is 0.538. The van der Waals surface area contributed by atoms with E-state index in [4.69, 9.17) is 25.8 Å². The zero-order valence-electron chi connectivity index (χ0n) is 9.44. The molecule has 0 heterocycles. The predicted molar refractivity (Wildman–Crippen MR) is 60.8 cm³/mol. The van der Waals surface area contributed by atoms with Crippen molar-refractivity contribution in [3.8, 4) is 5.75 Å². The number of aliphatic hydroxyl groups is 1. The normalized spacial score (nSPS) is 12.9. The van der Waals surface area contributed by atoms with Gasteiger partial charge in [0.05, 0.1) is 7.11 Å². The highest BCUT2D eigenvalue weighted by Gasteiger charge is 2.23. The van der Waals surface area contributed by atoms with Crippen LogP contribution in [0.3, 0.4) is 0 Å². The number of halogens is 1. The molecule has 1 aromatic carbocycles. The number of rotatable bonds is 5. The number of ether oxygens (including phenoxy) is 3. The van der Waals surface area contributed by atoms with Crippen LogP contribution in [0.5, 0.6) is 5.75 Å². The Bertz CT molecular complexity index is 339. The summed E-state index contributed by atoms with van der Waals surface area (Å²) in [6.07, 6.45) is -1.71. The molecule has 0 saturated heterocycles. The molecular formula is C11H15ClO4. The van der Waals surface area contributed by atoms with Gasteiger partial charge in [0.1, 0.15) is 11.9 Å². The molecule has 0 radical (unpaired) electrons. The van der Waals surface area contributed by atoms with Crippen molar-refractivity contribution in [1.29, 1.82) is 0 Å². The van der Waals surface area contributed by atoms with Gasteiger partial charge in [-0.05, 0) is 18.2 Å². The van der Waals surface area contributed by atoms with E-state index in [-0.39, 0.29) is 0 Å². The fraction of sp³-hybridized carbons (Fsp3) is 0.455. The minimum atomic E-state index is -0.955. The summed E-state index contributed by atoms with van der Waals surface area (Å²) in [6, 6.07) is 4.99. The van der Waals surface area contributed by atoms with E-state index in [1.165, 1.54) is 21.3 Å². The molecule has 90 valence electrons. The molecular weight excluding hydrogens is 232 g/mol. The van der Waals surface area contributed by atoms with Gasteiger partial charge in [0.15, 0.2) is 6.29 Å². The maximum absolute atomic E-state index is 10.0. The third-order valence-corrected chi connectivity index (χ3v) is 2.47. The number of hydrogen-bond donors (Lipinski definition) is 1. The molecule has 0 fully saturated rings. The van der Waals surface area contributed by atoms with Crippen molar-refractivity contribution in [2.75, 3.05) is 21.3 Å². The standard InChI is InChI=1S/C11H15ClO4/c1-14-9-5-4-7(12)6-8(9)10(13)11(15-2)16-3/h4-6,10-11,13H,1-3H3. The van der Waals surface area contributed by atoms with Crippen molar-refractivity contribution in [3.05, 3.63) is 28.8 Å². The van der Waals surface area contributed by atoms with E-state index < -0.39 is 12.4 Å². The van der Waals surface area contributed by atoms with Crippen molar-refractivity contribution in [2.24, 2.45) is 0 Å². The number of methoxy groups -OCH3 is 3. The molecule has 0 aliphatic carbocycles. The average molecular weight is 247 g/mol. The highest BCUT2D eigenvalue weighted by Crippen LogP contribution is 2.30. The molecule has 0 spiro atoms. The lowest BCUT2D eigenvalue weighted by Gasteiger charge is -2.22.